The number of aliphatic hydroxyl groups excluding tert-OH is 1. The van der Waals surface area contributed by atoms with E-state index in [-0.39, 0.29) is 41.5 Å². The van der Waals surface area contributed by atoms with Gasteiger partial charge in [0.25, 0.3) is 0 Å². The number of carbonyl (C=O) groups is 1. The van der Waals surface area contributed by atoms with Crippen LogP contribution >= 0.6 is 0 Å². The van der Waals surface area contributed by atoms with Gasteiger partial charge in [0.15, 0.2) is 5.78 Å². The number of aliphatic hydroxyl groups is 1. The highest BCUT2D eigenvalue weighted by atomic mass is 19.1. The number of hydrogen-bond donors (Lipinski definition) is 3. The number of rotatable bonds is 7. The van der Waals surface area contributed by atoms with Crippen LogP contribution in [0.25, 0.3) is 0 Å². The Hall–Kier alpha value is -3.26. The molecule has 3 aromatic carbocycles. The molecule has 2 saturated heterocycles. The summed E-state index contributed by atoms with van der Waals surface area (Å²) in [4.78, 5) is 18.4. The van der Waals surface area contributed by atoms with Crippen LogP contribution in [0.4, 0.5) is 4.39 Å². The van der Waals surface area contributed by atoms with Gasteiger partial charge in [-0.2, -0.15) is 0 Å². The summed E-state index contributed by atoms with van der Waals surface area (Å²) in [5, 5.41) is 30.3. The van der Waals surface area contributed by atoms with Crippen LogP contribution in [0, 0.1) is 24.7 Å². The Balaban J connectivity index is 1.58. The van der Waals surface area contributed by atoms with Gasteiger partial charge in [0.1, 0.15) is 17.3 Å². The summed E-state index contributed by atoms with van der Waals surface area (Å²) in [5.41, 5.74) is 2.27. The van der Waals surface area contributed by atoms with E-state index >= 15 is 0 Å². The molecule has 1 radical (unpaired) electrons. The van der Waals surface area contributed by atoms with Gasteiger partial charge >= 0.3 is 0 Å². The van der Waals surface area contributed by atoms with Crippen molar-refractivity contribution in [2.75, 3.05) is 39.3 Å². The summed E-state index contributed by atoms with van der Waals surface area (Å²) in [6.07, 6.45) is 2.01. The van der Waals surface area contributed by atoms with E-state index in [0.29, 0.717) is 37.2 Å². The van der Waals surface area contributed by atoms with E-state index in [2.05, 4.69) is 15.9 Å². The summed E-state index contributed by atoms with van der Waals surface area (Å²) < 4.78 is 15.0. The van der Waals surface area contributed by atoms with Crippen LogP contribution in [0.2, 0.25) is 0 Å². The van der Waals surface area contributed by atoms with Gasteiger partial charge in [-0.05, 0) is 73.2 Å². The monoisotopic (exact) mass is 531 g/mol. The minimum atomic E-state index is -0.509. The van der Waals surface area contributed by atoms with Gasteiger partial charge in [0.2, 0.25) is 0 Å². The summed E-state index contributed by atoms with van der Waals surface area (Å²) in [6.45, 7) is 5.08. The lowest BCUT2D eigenvalue weighted by atomic mass is 9.73. The second-order valence-electron chi connectivity index (χ2n) is 10.9. The van der Waals surface area contributed by atoms with Gasteiger partial charge in [-0.15, -0.1) is 0 Å². The van der Waals surface area contributed by atoms with E-state index in [1.165, 1.54) is 12.1 Å². The van der Waals surface area contributed by atoms with Crippen molar-refractivity contribution in [3.8, 4) is 11.5 Å². The molecular weight excluding hydrogens is 495 g/mol. The number of likely N-dealkylation sites (tertiary alicyclic amines) is 2. The Bertz CT molecular complexity index is 1320. The molecule has 39 heavy (non-hydrogen) atoms. The fraction of sp³-hybridized carbons (Fsp3) is 0.406. The summed E-state index contributed by atoms with van der Waals surface area (Å²) in [6, 6.07) is 19.8. The fourth-order valence-electron chi connectivity index (χ4n) is 6.69. The molecule has 3 N–H and O–H groups in total. The zero-order valence-corrected chi connectivity index (χ0v) is 22.3. The second-order valence-corrected chi connectivity index (χ2v) is 10.9. The quantitative estimate of drug-likeness (QED) is 0.386. The van der Waals surface area contributed by atoms with Gasteiger partial charge in [0, 0.05) is 55.7 Å². The molecule has 2 unspecified atom stereocenters. The first-order chi connectivity index (χ1) is 18.8. The third-order valence-corrected chi connectivity index (χ3v) is 8.74. The number of phenolic OH excluding ortho intramolecular Hbond substituents is 2. The zero-order valence-electron chi connectivity index (χ0n) is 22.3. The first kappa shape index (κ1) is 27.3. The Labute approximate surface area is 229 Å². The first-order valence-corrected chi connectivity index (χ1v) is 13.7. The van der Waals surface area contributed by atoms with E-state index in [4.69, 9.17) is 0 Å². The smallest absolute Gasteiger partial charge is 0.167 e. The maximum Gasteiger partial charge on any atom is 0.167 e. The highest BCUT2D eigenvalue weighted by Gasteiger charge is 2.47. The fourth-order valence-corrected chi connectivity index (χ4v) is 6.69. The number of β-amino-alcohol motifs (C(OH)–C–C–N with tert-alkyl or cyclic N) is 1. The molecular formula is C32H36FN2O4. The molecule has 3 aromatic rings. The van der Waals surface area contributed by atoms with Crippen molar-refractivity contribution in [3.63, 3.8) is 0 Å². The molecule has 2 aliphatic heterocycles. The third-order valence-electron chi connectivity index (χ3n) is 8.74. The molecule has 0 aromatic heterocycles. The van der Waals surface area contributed by atoms with E-state index in [1.807, 2.05) is 19.1 Å². The predicted molar refractivity (Wildman–Crippen MR) is 147 cm³/mol. The van der Waals surface area contributed by atoms with Gasteiger partial charge < -0.3 is 20.2 Å². The highest BCUT2D eigenvalue weighted by molar-refractivity contribution is 5.98. The largest absolute Gasteiger partial charge is 0.508 e. The standard InChI is InChI=1S/C32H36FN2O4/c1-22-28(9-5-10-29(22)33)32(12-14-34(15-13-32)16-17-36)35-20-24(27-8-2-3-11-30(27)38)18-25(21-35)31(39)23-6-4-7-26(37)19-23/h2,4-11,19,24-25,36-38H,12-18,20-21H2,1H3. The van der Waals surface area contributed by atoms with Crippen LogP contribution in [-0.2, 0) is 5.54 Å². The van der Waals surface area contributed by atoms with Crippen molar-refractivity contribution in [2.45, 2.75) is 37.6 Å². The highest BCUT2D eigenvalue weighted by Crippen LogP contribution is 2.46. The molecule has 0 amide bonds. The lowest BCUT2D eigenvalue weighted by Gasteiger charge is -2.53. The van der Waals surface area contributed by atoms with Crippen molar-refractivity contribution in [1.82, 2.24) is 9.80 Å². The number of ketones is 1. The van der Waals surface area contributed by atoms with E-state index in [9.17, 15) is 24.5 Å². The number of carbonyl (C=O) groups excluding carboxylic acids is 1. The molecule has 2 atom stereocenters. The van der Waals surface area contributed by atoms with Gasteiger partial charge in [-0.25, -0.2) is 4.39 Å². The van der Waals surface area contributed by atoms with E-state index < -0.39 is 5.54 Å². The maximum atomic E-state index is 15.0. The van der Waals surface area contributed by atoms with Crippen LogP contribution in [0.15, 0.2) is 60.7 Å². The molecule has 6 nitrogen and oxygen atoms in total. The third kappa shape index (κ3) is 5.44. The molecule has 0 bridgehead atoms. The first-order valence-electron chi connectivity index (χ1n) is 13.7. The van der Waals surface area contributed by atoms with Crippen LogP contribution < -0.4 is 0 Å². The van der Waals surface area contributed by atoms with Crippen LogP contribution in [-0.4, -0.2) is 70.2 Å². The SMILES string of the molecule is Cc1c(F)cccc1C1(N2CC(C(=O)c3cccc(O)c3)CC(c3cc[c]cc3O)C2)CCN(CCO)CC1. The number of phenols is 2. The Morgan fingerprint density at radius 1 is 1.10 bits per heavy atom. The molecule has 7 heteroatoms. The zero-order chi connectivity index (χ0) is 27.6. The molecule has 0 saturated carbocycles. The van der Waals surface area contributed by atoms with Crippen LogP contribution in [0.1, 0.15) is 52.2 Å². The number of piperidine rings is 2. The van der Waals surface area contributed by atoms with Crippen LogP contribution in [0.5, 0.6) is 11.5 Å². The number of nitrogens with zero attached hydrogens (tertiary/aromatic N) is 2. The predicted octanol–water partition coefficient (Wildman–Crippen LogP) is 4.62. The van der Waals surface area contributed by atoms with E-state index in [0.717, 1.165) is 37.1 Å². The van der Waals surface area contributed by atoms with Crippen LogP contribution in [0.3, 0.4) is 0 Å². The van der Waals surface area contributed by atoms with Gasteiger partial charge in [-0.1, -0.05) is 36.4 Å². The van der Waals surface area contributed by atoms with Crippen molar-refractivity contribution in [2.24, 2.45) is 5.92 Å². The number of hydrogen-bond acceptors (Lipinski definition) is 6. The maximum absolute atomic E-state index is 15.0. The number of aromatic hydroxyl groups is 2. The number of halogens is 1. The van der Waals surface area contributed by atoms with E-state index in [1.54, 1.807) is 36.4 Å². The Morgan fingerprint density at radius 2 is 1.87 bits per heavy atom. The van der Waals surface area contributed by atoms with Crippen molar-refractivity contribution >= 4 is 5.78 Å². The lowest BCUT2D eigenvalue weighted by Crippen LogP contribution is -2.58. The molecule has 5 rings (SSSR count). The summed E-state index contributed by atoms with van der Waals surface area (Å²) >= 11 is 0. The molecule has 0 spiro atoms. The topological polar surface area (TPSA) is 84.2 Å². The van der Waals surface area contributed by atoms with Crippen molar-refractivity contribution in [3.05, 3.63) is 94.8 Å². The molecule has 205 valence electrons. The van der Waals surface area contributed by atoms with Crippen molar-refractivity contribution < 1.29 is 24.5 Å². The summed E-state index contributed by atoms with van der Waals surface area (Å²) in [5.74, 6) is -0.601. The molecule has 2 heterocycles. The molecule has 2 aliphatic rings. The normalized spacial score (nSPS) is 22.0. The lowest BCUT2D eigenvalue weighted by molar-refractivity contribution is -0.0168. The second kappa shape index (κ2) is 11.5. The summed E-state index contributed by atoms with van der Waals surface area (Å²) in [7, 11) is 0. The van der Waals surface area contributed by atoms with Crippen molar-refractivity contribution in [1.29, 1.82) is 0 Å². The molecule has 2 fully saturated rings. The minimum Gasteiger partial charge on any atom is -0.508 e. The van der Waals surface area contributed by atoms with Gasteiger partial charge in [0.05, 0.1) is 6.61 Å². The average Bonchev–Trinajstić information content (AvgIpc) is 2.95. The Morgan fingerprint density at radius 3 is 2.59 bits per heavy atom. The minimum absolute atomic E-state index is 0.0458. The van der Waals surface area contributed by atoms with Gasteiger partial charge in [-0.3, -0.25) is 9.69 Å². The number of Topliss-reactive ketones (excluding diaryl/α,β-unsaturated/α-hetero) is 1. The number of benzene rings is 3. The Kier molecular flexibility index (Phi) is 8.03. The molecule has 0 aliphatic carbocycles. The average molecular weight is 532 g/mol.